The van der Waals surface area contributed by atoms with Gasteiger partial charge in [-0.25, -0.2) is 9.97 Å². The lowest BCUT2D eigenvalue weighted by molar-refractivity contribution is -0.115. The van der Waals surface area contributed by atoms with Crippen LogP contribution in [0.25, 0.3) is 0 Å². The topological polar surface area (TPSA) is 54.9 Å². The Hall–Kier alpha value is -0.400. The molecule has 0 fully saturated rings. The normalized spacial score (nSPS) is 12.2. The molecule has 0 bridgehead atoms. The van der Waals surface area contributed by atoms with E-state index in [2.05, 4.69) is 29.1 Å². The zero-order chi connectivity index (χ0) is 22.2. The highest BCUT2D eigenvalue weighted by Gasteiger charge is 2.22. The maximum atomic E-state index is 13.2. The van der Waals surface area contributed by atoms with Gasteiger partial charge in [0.2, 0.25) is 5.91 Å². The van der Waals surface area contributed by atoms with Crippen molar-refractivity contribution in [3.05, 3.63) is 5.82 Å². The van der Waals surface area contributed by atoms with E-state index in [1.54, 1.807) is 23.5 Å². The fourth-order valence-electron chi connectivity index (χ4n) is 3.28. The van der Waals surface area contributed by atoms with E-state index in [9.17, 15) is 4.79 Å². The molecule has 0 aromatic carbocycles. The van der Waals surface area contributed by atoms with Crippen molar-refractivity contribution in [3.8, 4) is 0 Å². The Bertz CT molecular complexity index is 588. The Labute approximate surface area is 197 Å². The Morgan fingerprint density at radius 1 is 0.867 bits per heavy atom. The maximum Gasteiger partial charge on any atom is 0.237 e. The van der Waals surface area contributed by atoms with Crippen molar-refractivity contribution >= 4 is 46.9 Å². The predicted molar refractivity (Wildman–Crippen MR) is 137 cm³/mol. The molecule has 4 nitrogen and oxygen atoms in total. The van der Waals surface area contributed by atoms with Crippen molar-refractivity contribution in [2.75, 3.05) is 23.6 Å². The smallest absolute Gasteiger partial charge is 0.237 e. The molecule has 172 valence electrons. The fourth-order valence-corrected chi connectivity index (χ4v) is 5.70. The summed E-state index contributed by atoms with van der Waals surface area (Å²) in [6, 6.07) is 0. The molecule has 1 aromatic heterocycles. The van der Waals surface area contributed by atoms with Gasteiger partial charge in [0.15, 0.2) is 0 Å². The summed E-state index contributed by atoms with van der Waals surface area (Å²) in [5.41, 5.74) is 0.783. The Morgan fingerprint density at radius 3 is 1.97 bits per heavy atom. The number of aromatic nitrogens is 2. The standard InChI is InChI=1S/C23H41N3OS3/c1-6-8-10-12-13-14-16-19(30-17-15-11-9-7-2)21(27)26-20-22(28-4)24-18(3)25-23(20)29-5/h19H,6-17H2,1-5H3,(H,26,27)/t19-/m1/s1. The van der Waals surface area contributed by atoms with Crippen LogP contribution in [0.1, 0.15) is 90.3 Å². The van der Waals surface area contributed by atoms with Gasteiger partial charge in [-0.1, -0.05) is 71.6 Å². The molecule has 0 aliphatic heterocycles. The van der Waals surface area contributed by atoms with Gasteiger partial charge in [-0.15, -0.1) is 35.3 Å². The number of unbranched alkanes of at least 4 members (excludes halogenated alkanes) is 8. The molecular formula is C23H41N3OS3. The van der Waals surface area contributed by atoms with Gasteiger partial charge in [0.1, 0.15) is 21.6 Å². The van der Waals surface area contributed by atoms with Crippen LogP contribution in [0.2, 0.25) is 0 Å². The van der Waals surface area contributed by atoms with E-state index in [-0.39, 0.29) is 11.2 Å². The molecular weight excluding hydrogens is 430 g/mol. The zero-order valence-electron chi connectivity index (χ0n) is 19.6. The summed E-state index contributed by atoms with van der Waals surface area (Å²) in [5, 5.41) is 4.90. The van der Waals surface area contributed by atoms with Crippen LogP contribution in [0.5, 0.6) is 0 Å². The lowest BCUT2D eigenvalue weighted by Crippen LogP contribution is -2.26. The van der Waals surface area contributed by atoms with Crippen molar-refractivity contribution in [3.63, 3.8) is 0 Å². The summed E-state index contributed by atoms with van der Waals surface area (Å²) in [5.74, 6) is 1.92. The maximum absolute atomic E-state index is 13.2. The minimum Gasteiger partial charge on any atom is -0.321 e. The number of carbonyl (C=O) groups excluding carboxylic acids is 1. The van der Waals surface area contributed by atoms with Gasteiger partial charge in [0, 0.05) is 0 Å². The average molecular weight is 472 g/mol. The van der Waals surface area contributed by atoms with Gasteiger partial charge in [0.05, 0.1) is 5.25 Å². The first-order chi connectivity index (χ1) is 14.6. The number of anilines is 1. The van der Waals surface area contributed by atoms with E-state index in [0.29, 0.717) is 0 Å². The average Bonchev–Trinajstić information content (AvgIpc) is 2.75. The van der Waals surface area contributed by atoms with Gasteiger partial charge < -0.3 is 5.32 Å². The van der Waals surface area contributed by atoms with E-state index < -0.39 is 0 Å². The van der Waals surface area contributed by atoms with Gasteiger partial charge in [-0.05, 0) is 38.0 Å². The Morgan fingerprint density at radius 2 is 1.40 bits per heavy atom. The lowest BCUT2D eigenvalue weighted by Gasteiger charge is -2.19. The van der Waals surface area contributed by atoms with E-state index in [4.69, 9.17) is 0 Å². The third-order valence-electron chi connectivity index (χ3n) is 5.02. The minimum atomic E-state index is 0.00326. The van der Waals surface area contributed by atoms with Gasteiger partial charge in [-0.2, -0.15) is 0 Å². The molecule has 1 amide bonds. The second kappa shape index (κ2) is 17.2. The predicted octanol–water partition coefficient (Wildman–Crippen LogP) is 7.60. The second-order valence-electron chi connectivity index (χ2n) is 7.63. The van der Waals surface area contributed by atoms with Crippen molar-refractivity contribution in [2.24, 2.45) is 0 Å². The summed E-state index contributed by atoms with van der Waals surface area (Å²) in [6.45, 7) is 6.38. The number of nitrogens with zero attached hydrogens (tertiary/aromatic N) is 2. The third kappa shape index (κ3) is 10.8. The summed E-state index contributed by atoms with van der Waals surface area (Å²) >= 11 is 4.96. The van der Waals surface area contributed by atoms with Gasteiger partial charge in [0.25, 0.3) is 0 Å². The summed E-state index contributed by atoms with van der Waals surface area (Å²) in [7, 11) is 0. The van der Waals surface area contributed by atoms with Crippen LogP contribution < -0.4 is 5.32 Å². The minimum absolute atomic E-state index is 0.00326. The number of amides is 1. The zero-order valence-corrected chi connectivity index (χ0v) is 22.0. The van der Waals surface area contributed by atoms with E-state index >= 15 is 0 Å². The highest BCUT2D eigenvalue weighted by molar-refractivity contribution is 8.00. The molecule has 0 aliphatic rings. The molecule has 1 aromatic rings. The molecule has 1 heterocycles. The van der Waals surface area contributed by atoms with Crippen molar-refractivity contribution in [1.29, 1.82) is 0 Å². The van der Waals surface area contributed by atoms with Crippen molar-refractivity contribution < 1.29 is 4.79 Å². The molecule has 0 unspecified atom stereocenters. The monoisotopic (exact) mass is 471 g/mol. The number of thioether (sulfide) groups is 3. The lowest BCUT2D eigenvalue weighted by atomic mass is 10.1. The fraction of sp³-hybridized carbons (Fsp3) is 0.783. The van der Waals surface area contributed by atoms with Crippen LogP contribution in [-0.4, -0.2) is 39.4 Å². The first-order valence-electron chi connectivity index (χ1n) is 11.5. The number of nitrogens with one attached hydrogen (secondary N) is 1. The third-order valence-corrected chi connectivity index (χ3v) is 7.76. The molecule has 0 saturated carbocycles. The van der Waals surface area contributed by atoms with Crippen LogP contribution >= 0.6 is 35.3 Å². The number of rotatable bonds is 17. The molecule has 1 rings (SSSR count). The van der Waals surface area contributed by atoms with Gasteiger partial charge >= 0.3 is 0 Å². The first-order valence-corrected chi connectivity index (χ1v) is 15.0. The van der Waals surface area contributed by atoms with Crippen LogP contribution in [0, 0.1) is 6.92 Å². The molecule has 30 heavy (non-hydrogen) atoms. The second-order valence-corrected chi connectivity index (χ2v) is 10.5. The summed E-state index contributed by atoms with van der Waals surface area (Å²) < 4.78 is 0. The number of hydrogen-bond donors (Lipinski definition) is 1. The molecule has 0 saturated heterocycles. The van der Waals surface area contributed by atoms with Crippen molar-refractivity contribution in [1.82, 2.24) is 9.97 Å². The van der Waals surface area contributed by atoms with Gasteiger partial charge in [-0.3, -0.25) is 4.79 Å². The van der Waals surface area contributed by atoms with Crippen LogP contribution in [-0.2, 0) is 4.79 Å². The molecule has 0 radical (unpaired) electrons. The van der Waals surface area contributed by atoms with E-state index in [1.807, 2.05) is 31.2 Å². The largest absolute Gasteiger partial charge is 0.321 e. The molecule has 7 heteroatoms. The number of aryl methyl sites for hydroxylation is 1. The quantitative estimate of drug-likeness (QED) is 0.143. The Balaban J connectivity index is 2.75. The SMILES string of the molecule is CCCCCCCC[C@@H](SCCCCCC)C(=O)Nc1c(SC)nc(C)nc1SC. The number of hydrogen-bond acceptors (Lipinski definition) is 6. The Kier molecular flexibility index (Phi) is 15.8. The molecule has 0 aliphatic carbocycles. The molecule has 0 spiro atoms. The van der Waals surface area contributed by atoms with Crippen LogP contribution in [0.4, 0.5) is 5.69 Å². The van der Waals surface area contributed by atoms with E-state index in [1.165, 1.54) is 57.8 Å². The van der Waals surface area contributed by atoms with Crippen LogP contribution in [0.15, 0.2) is 10.1 Å². The molecule has 1 atom stereocenters. The summed E-state index contributed by atoms with van der Waals surface area (Å²) in [6.07, 6.45) is 17.5. The first kappa shape index (κ1) is 27.6. The summed E-state index contributed by atoms with van der Waals surface area (Å²) in [4.78, 5) is 22.3. The molecule has 1 N–H and O–H groups in total. The van der Waals surface area contributed by atoms with Crippen molar-refractivity contribution in [2.45, 2.75) is 107 Å². The number of carbonyl (C=O) groups is 1. The van der Waals surface area contributed by atoms with Crippen LogP contribution in [0.3, 0.4) is 0 Å². The highest BCUT2D eigenvalue weighted by Crippen LogP contribution is 2.32. The highest BCUT2D eigenvalue weighted by atomic mass is 32.2. The van der Waals surface area contributed by atoms with E-state index in [0.717, 1.165) is 40.2 Å².